The van der Waals surface area contributed by atoms with Crippen molar-refractivity contribution in [1.29, 1.82) is 0 Å². The van der Waals surface area contributed by atoms with Crippen molar-refractivity contribution >= 4 is 5.91 Å². The summed E-state index contributed by atoms with van der Waals surface area (Å²) in [6.45, 7) is 5.08. The summed E-state index contributed by atoms with van der Waals surface area (Å²) in [4.78, 5) is 15.3. The van der Waals surface area contributed by atoms with Gasteiger partial charge in [-0.05, 0) is 31.0 Å². The molecule has 0 saturated carbocycles. The van der Waals surface area contributed by atoms with Crippen LogP contribution in [-0.2, 0) is 18.4 Å². The highest BCUT2D eigenvalue weighted by Crippen LogP contribution is 2.33. The second-order valence-corrected chi connectivity index (χ2v) is 7.33. The second kappa shape index (κ2) is 8.47. The molecule has 0 radical (unpaired) electrons. The van der Waals surface area contributed by atoms with Crippen LogP contribution in [0.1, 0.15) is 30.4 Å². The van der Waals surface area contributed by atoms with Crippen molar-refractivity contribution in [1.82, 2.24) is 20.0 Å². The van der Waals surface area contributed by atoms with E-state index in [0.717, 1.165) is 31.6 Å². The van der Waals surface area contributed by atoms with Crippen LogP contribution in [0, 0.1) is 5.92 Å². The molecule has 2 aromatic rings. The lowest BCUT2D eigenvalue weighted by molar-refractivity contribution is -0.125. The van der Waals surface area contributed by atoms with Crippen LogP contribution in [0.3, 0.4) is 0 Å². The van der Waals surface area contributed by atoms with Gasteiger partial charge in [-0.1, -0.05) is 30.3 Å². The Balaban J connectivity index is 1.74. The van der Waals surface area contributed by atoms with Gasteiger partial charge in [0.2, 0.25) is 5.91 Å². The lowest BCUT2D eigenvalue weighted by Gasteiger charge is -2.20. The van der Waals surface area contributed by atoms with E-state index in [0.29, 0.717) is 6.54 Å². The molecule has 6 heteroatoms. The van der Waals surface area contributed by atoms with Crippen molar-refractivity contribution in [2.24, 2.45) is 18.7 Å². The molecule has 1 aliphatic rings. The van der Waals surface area contributed by atoms with Gasteiger partial charge in [-0.2, -0.15) is 5.10 Å². The highest BCUT2D eigenvalue weighted by Gasteiger charge is 2.39. The Morgan fingerprint density at radius 1 is 1.35 bits per heavy atom. The van der Waals surface area contributed by atoms with Gasteiger partial charge < -0.3 is 11.1 Å². The van der Waals surface area contributed by atoms with Crippen molar-refractivity contribution in [2.45, 2.75) is 31.8 Å². The molecule has 1 aliphatic heterocycles. The number of aromatic nitrogens is 2. The zero-order chi connectivity index (χ0) is 18.5. The lowest BCUT2D eigenvalue weighted by atomic mass is 9.90. The van der Waals surface area contributed by atoms with Crippen molar-refractivity contribution in [3.05, 3.63) is 53.9 Å². The predicted molar refractivity (Wildman–Crippen MR) is 102 cm³/mol. The number of hydrogen-bond acceptors (Lipinski definition) is 4. The number of rotatable bonds is 7. The molecule has 3 rings (SSSR count). The van der Waals surface area contributed by atoms with Crippen LogP contribution < -0.4 is 11.1 Å². The number of aryl methyl sites for hydroxylation is 1. The third kappa shape index (κ3) is 4.51. The molecule has 1 fully saturated rings. The van der Waals surface area contributed by atoms with Crippen LogP contribution in [0.25, 0.3) is 0 Å². The summed E-state index contributed by atoms with van der Waals surface area (Å²) >= 11 is 0. The first-order valence-corrected chi connectivity index (χ1v) is 9.32. The molecule has 1 saturated heterocycles. The summed E-state index contributed by atoms with van der Waals surface area (Å²) in [6, 6.07) is 10.5. The molecule has 0 bridgehead atoms. The predicted octanol–water partition coefficient (Wildman–Crippen LogP) is 1.49. The molecule has 1 aromatic carbocycles. The fraction of sp³-hybridized carbons (Fsp3) is 0.500. The maximum absolute atomic E-state index is 12.9. The van der Waals surface area contributed by atoms with E-state index in [1.165, 1.54) is 5.56 Å². The molecular weight excluding hydrogens is 326 g/mol. The van der Waals surface area contributed by atoms with Crippen LogP contribution in [0.5, 0.6) is 0 Å². The number of amides is 1. The highest BCUT2D eigenvalue weighted by molar-refractivity contribution is 5.80. The molecular formula is C20H29N5O. The van der Waals surface area contributed by atoms with Gasteiger partial charge >= 0.3 is 0 Å². The number of benzene rings is 1. The van der Waals surface area contributed by atoms with E-state index in [1.54, 1.807) is 4.68 Å². The maximum Gasteiger partial charge on any atom is 0.225 e. The zero-order valence-corrected chi connectivity index (χ0v) is 15.6. The zero-order valence-electron chi connectivity index (χ0n) is 15.6. The quantitative estimate of drug-likeness (QED) is 0.789. The van der Waals surface area contributed by atoms with Gasteiger partial charge in [0.25, 0.3) is 0 Å². The average Bonchev–Trinajstić information content (AvgIpc) is 3.22. The lowest BCUT2D eigenvalue weighted by Crippen LogP contribution is -2.40. The van der Waals surface area contributed by atoms with Crippen molar-refractivity contribution in [3.63, 3.8) is 0 Å². The second-order valence-electron chi connectivity index (χ2n) is 7.33. The molecule has 3 N–H and O–H groups in total. The van der Waals surface area contributed by atoms with Gasteiger partial charge in [-0.3, -0.25) is 14.4 Å². The van der Waals surface area contributed by atoms with Gasteiger partial charge in [0.15, 0.2) is 0 Å². The summed E-state index contributed by atoms with van der Waals surface area (Å²) in [7, 11) is 1.92. The minimum absolute atomic E-state index is 0.0665. The SMILES string of the molecule is CC(CCN)NC(=O)[C@@H]1CN(Cc2ccccc2)C[C@H]1c1cnn(C)c1. The minimum atomic E-state index is -0.0665. The van der Waals surface area contributed by atoms with E-state index in [2.05, 4.69) is 39.6 Å². The third-order valence-electron chi connectivity index (χ3n) is 5.12. The van der Waals surface area contributed by atoms with E-state index in [9.17, 15) is 4.79 Å². The van der Waals surface area contributed by atoms with Crippen LogP contribution >= 0.6 is 0 Å². The first kappa shape index (κ1) is 18.6. The highest BCUT2D eigenvalue weighted by atomic mass is 16.2. The number of likely N-dealkylation sites (tertiary alicyclic amines) is 1. The van der Waals surface area contributed by atoms with Gasteiger partial charge in [0.05, 0.1) is 12.1 Å². The van der Waals surface area contributed by atoms with Crippen LogP contribution in [0.2, 0.25) is 0 Å². The Morgan fingerprint density at radius 2 is 2.12 bits per heavy atom. The molecule has 3 atom stereocenters. The molecule has 1 amide bonds. The van der Waals surface area contributed by atoms with Crippen LogP contribution in [-0.4, -0.2) is 46.3 Å². The number of nitrogens with zero attached hydrogens (tertiary/aromatic N) is 3. The van der Waals surface area contributed by atoms with Gasteiger partial charge in [0.1, 0.15) is 0 Å². The number of nitrogens with one attached hydrogen (secondary N) is 1. The molecule has 2 heterocycles. The average molecular weight is 355 g/mol. The molecule has 6 nitrogen and oxygen atoms in total. The van der Waals surface area contributed by atoms with E-state index < -0.39 is 0 Å². The van der Waals surface area contributed by atoms with Gasteiger partial charge in [-0.25, -0.2) is 0 Å². The minimum Gasteiger partial charge on any atom is -0.353 e. The molecule has 140 valence electrons. The van der Waals surface area contributed by atoms with E-state index in [1.807, 2.05) is 32.4 Å². The van der Waals surface area contributed by atoms with Crippen molar-refractivity contribution in [2.75, 3.05) is 19.6 Å². The Labute approximate surface area is 155 Å². The summed E-state index contributed by atoms with van der Waals surface area (Å²) in [5.41, 5.74) is 8.02. The Bertz CT molecular complexity index is 714. The largest absolute Gasteiger partial charge is 0.353 e. The first-order valence-electron chi connectivity index (χ1n) is 9.32. The topological polar surface area (TPSA) is 76.2 Å². The Kier molecular flexibility index (Phi) is 6.06. The number of carbonyl (C=O) groups excluding carboxylic acids is 1. The molecule has 1 unspecified atom stereocenters. The first-order chi connectivity index (χ1) is 12.6. The van der Waals surface area contributed by atoms with Gasteiger partial charge in [0, 0.05) is 44.8 Å². The van der Waals surface area contributed by atoms with Crippen LogP contribution in [0.15, 0.2) is 42.7 Å². The number of nitrogens with two attached hydrogens (primary N) is 1. The van der Waals surface area contributed by atoms with Gasteiger partial charge in [-0.15, -0.1) is 0 Å². The summed E-state index contributed by atoms with van der Waals surface area (Å²) in [5.74, 6) is 0.219. The smallest absolute Gasteiger partial charge is 0.225 e. The van der Waals surface area contributed by atoms with E-state index >= 15 is 0 Å². The number of carbonyl (C=O) groups is 1. The summed E-state index contributed by atoms with van der Waals surface area (Å²) < 4.78 is 1.81. The Morgan fingerprint density at radius 3 is 2.77 bits per heavy atom. The molecule has 0 aliphatic carbocycles. The number of hydrogen-bond donors (Lipinski definition) is 2. The molecule has 1 aromatic heterocycles. The molecule has 0 spiro atoms. The van der Waals surface area contributed by atoms with Crippen molar-refractivity contribution < 1.29 is 4.79 Å². The standard InChI is InChI=1S/C20H29N5O/c1-15(8-9-21)23-20(26)19-14-25(11-16-6-4-3-5-7-16)13-18(19)17-10-22-24(2)12-17/h3-7,10,12,15,18-19H,8-9,11,13-14,21H2,1-2H3,(H,23,26)/t15?,18-,19+/m0/s1. The normalized spacial score (nSPS) is 21.7. The van der Waals surface area contributed by atoms with Crippen LogP contribution in [0.4, 0.5) is 0 Å². The Hall–Kier alpha value is -2.18. The molecule has 26 heavy (non-hydrogen) atoms. The summed E-state index contributed by atoms with van der Waals surface area (Å²) in [5, 5.41) is 7.45. The maximum atomic E-state index is 12.9. The fourth-order valence-corrected chi connectivity index (χ4v) is 3.76. The van der Waals surface area contributed by atoms with Crippen molar-refractivity contribution in [3.8, 4) is 0 Å². The van der Waals surface area contributed by atoms with E-state index in [4.69, 9.17) is 5.73 Å². The van der Waals surface area contributed by atoms with E-state index in [-0.39, 0.29) is 23.8 Å². The third-order valence-corrected chi connectivity index (χ3v) is 5.12. The summed E-state index contributed by atoms with van der Waals surface area (Å²) in [6.07, 6.45) is 4.71. The fourth-order valence-electron chi connectivity index (χ4n) is 3.76. The monoisotopic (exact) mass is 355 g/mol.